The Hall–Kier alpha value is -2.15. The van der Waals surface area contributed by atoms with Crippen LogP contribution >= 0.6 is 11.5 Å². The van der Waals surface area contributed by atoms with Gasteiger partial charge in [0.15, 0.2) is 0 Å². The molecule has 1 heterocycles. The van der Waals surface area contributed by atoms with E-state index in [0.29, 0.717) is 5.13 Å². The molecule has 0 bridgehead atoms. The number of rotatable bonds is 2. The second-order valence-corrected chi connectivity index (χ2v) is 3.72. The van der Waals surface area contributed by atoms with E-state index < -0.39 is 5.91 Å². The fraction of sp³-hybridized carbons (Fsp3) is 0. The molecule has 16 heavy (non-hydrogen) atoms. The van der Waals surface area contributed by atoms with Crippen LogP contribution in [-0.2, 0) is 0 Å². The zero-order chi connectivity index (χ0) is 11.5. The molecular formula is C9H7N3O3S. The molecule has 0 aliphatic rings. The van der Waals surface area contributed by atoms with E-state index in [2.05, 4.69) is 14.7 Å². The summed E-state index contributed by atoms with van der Waals surface area (Å²) in [7, 11) is 0. The van der Waals surface area contributed by atoms with Gasteiger partial charge in [-0.15, -0.1) is 0 Å². The fourth-order valence-electron chi connectivity index (χ4n) is 1.12. The third-order valence-corrected chi connectivity index (χ3v) is 2.33. The number of aromatic nitrogens is 2. The van der Waals surface area contributed by atoms with Gasteiger partial charge >= 0.3 is 0 Å². The maximum Gasteiger partial charge on any atom is 0.257 e. The molecule has 0 radical (unpaired) electrons. The molecule has 1 aromatic carbocycles. The minimum atomic E-state index is -0.469. The summed E-state index contributed by atoms with van der Waals surface area (Å²) in [4.78, 5) is 15.4. The van der Waals surface area contributed by atoms with Crippen LogP contribution in [0.5, 0.6) is 11.5 Å². The van der Waals surface area contributed by atoms with Crippen LogP contribution in [0.3, 0.4) is 0 Å². The van der Waals surface area contributed by atoms with Crippen molar-refractivity contribution < 1.29 is 15.0 Å². The van der Waals surface area contributed by atoms with Crippen LogP contribution < -0.4 is 5.32 Å². The van der Waals surface area contributed by atoms with Crippen molar-refractivity contribution in [3.63, 3.8) is 0 Å². The summed E-state index contributed by atoms with van der Waals surface area (Å²) in [5.74, 6) is -0.826. The van der Waals surface area contributed by atoms with Gasteiger partial charge in [-0.3, -0.25) is 10.1 Å². The Morgan fingerprint density at radius 2 is 1.94 bits per heavy atom. The number of anilines is 1. The molecule has 7 heteroatoms. The standard InChI is InChI=1S/C9H7N3O3S/c13-6-1-5(2-7(14)3-6)8(15)12-9-10-4-11-16-9/h1-4,13-14H,(H,10,11,12,15). The van der Waals surface area contributed by atoms with Crippen molar-refractivity contribution in [2.45, 2.75) is 0 Å². The number of hydrogen-bond donors (Lipinski definition) is 3. The molecule has 0 saturated heterocycles. The lowest BCUT2D eigenvalue weighted by Crippen LogP contribution is -2.11. The molecule has 0 aliphatic carbocycles. The van der Waals surface area contributed by atoms with Gasteiger partial charge in [-0.2, -0.15) is 4.37 Å². The van der Waals surface area contributed by atoms with Gasteiger partial charge in [0.1, 0.15) is 17.8 Å². The summed E-state index contributed by atoms with van der Waals surface area (Å²) in [6.07, 6.45) is 1.32. The summed E-state index contributed by atoms with van der Waals surface area (Å²) in [6.45, 7) is 0. The van der Waals surface area contributed by atoms with Gasteiger partial charge in [0.2, 0.25) is 5.13 Å². The first kappa shape index (κ1) is 10.4. The number of nitrogens with zero attached hydrogens (tertiary/aromatic N) is 2. The second kappa shape index (κ2) is 4.15. The number of aromatic hydroxyl groups is 2. The van der Waals surface area contributed by atoms with Gasteiger partial charge in [-0.1, -0.05) is 0 Å². The van der Waals surface area contributed by atoms with Crippen molar-refractivity contribution >= 4 is 22.6 Å². The summed E-state index contributed by atoms with van der Waals surface area (Å²) in [6, 6.07) is 3.63. The summed E-state index contributed by atoms with van der Waals surface area (Å²) in [5, 5.41) is 21.2. The van der Waals surface area contributed by atoms with E-state index in [1.807, 2.05) is 0 Å². The number of phenolic OH excluding ortho intramolecular Hbond substituents is 2. The first-order chi connectivity index (χ1) is 7.65. The summed E-state index contributed by atoms with van der Waals surface area (Å²) in [5.41, 5.74) is 0.146. The van der Waals surface area contributed by atoms with E-state index >= 15 is 0 Å². The van der Waals surface area contributed by atoms with Crippen LogP contribution in [0.25, 0.3) is 0 Å². The van der Waals surface area contributed by atoms with Crippen molar-refractivity contribution in [2.24, 2.45) is 0 Å². The topological polar surface area (TPSA) is 95.3 Å². The highest BCUT2D eigenvalue weighted by Crippen LogP contribution is 2.21. The monoisotopic (exact) mass is 237 g/mol. The molecule has 6 nitrogen and oxygen atoms in total. The normalized spacial score (nSPS) is 10.0. The number of benzene rings is 1. The molecule has 0 atom stereocenters. The van der Waals surface area contributed by atoms with Gasteiger partial charge in [0.05, 0.1) is 0 Å². The zero-order valence-electron chi connectivity index (χ0n) is 7.91. The van der Waals surface area contributed by atoms with Crippen LogP contribution in [0.2, 0.25) is 0 Å². The van der Waals surface area contributed by atoms with Crippen LogP contribution in [0.1, 0.15) is 10.4 Å². The zero-order valence-corrected chi connectivity index (χ0v) is 8.73. The third kappa shape index (κ3) is 2.26. The molecule has 0 aliphatic heterocycles. The van der Waals surface area contributed by atoms with Crippen molar-refractivity contribution in [3.8, 4) is 11.5 Å². The quantitative estimate of drug-likeness (QED) is 0.729. The van der Waals surface area contributed by atoms with Crippen molar-refractivity contribution in [1.29, 1.82) is 0 Å². The Kier molecular flexibility index (Phi) is 2.69. The van der Waals surface area contributed by atoms with Crippen molar-refractivity contribution in [3.05, 3.63) is 30.1 Å². The smallest absolute Gasteiger partial charge is 0.257 e. The molecule has 82 valence electrons. The number of amides is 1. The van der Waals surface area contributed by atoms with E-state index in [4.69, 9.17) is 0 Å². The lowest BCUT2D eigenvalue weighted by Gasteiger charge is -2.02. The van der Waals surface area contributed by atoms with Crippen molar-refractivity contribution in [1.82, 2.24) is 9.36 Å². The third-order valence-electron chi connectivity index (χ3n) is 1.75. The SMILES string of the molecule is O=C(Nc1ncns1)c1cc(O)cc(O)c1. The number of nitrogens with one attached hydrogen (secondary N) is 1. The Morgan fingerprint density at radius 3 is 2.50 bits per heavy atom. The minimum Gasteiger partial charge on any atom is -0.508 e. The Labute approximate surface area is 94.4 Å². The summed E-state index contributed by atoms with van der Waals surface area (Å²) >= 11 is 1.04. The molecule has 3 N–H and O–H groups in total. The molecule has 2 rings (SSSR count). The highest BCUT2D eigenvalue weighted by molar-refractivity contribution is 7.09. The van der Waals surface area contributed by atoms with Crippen LogP contribution in [0.15, 0.2) is 24.5 Å². The Morgan fingerprint density at radius 1 is 1.25 bits per heavy atom. The average Bonchev–Trinajstić information content (AvgIpc) is 2.68. The molecule has 1 aromatic heterocycles. The van der Waals surface area contributed by atoms with Crippen LogP contribution in [0, 0.1) is 0 Å². The largest absolute Gasteiger partial charge is 0.508 e. The first-order valence-electron chi connectivity index (χ1n) is 4.26. The second-order valence-electron chi connectivity index (χ2n) is 2.94. The van der Waals surface area contributed by atoms with E-state index in [0.717, 1.165) is 17.6 Å². The summed E-state index contributed by atoms with van der Waals surface area (Å²) < 4.78 is 3.72. The van der Waals surface area contributed by atoms with E-state index in [9.17, 15) is 15.0 Å². The van der Waals surface area contributed by atoms with E-state index in [1.165, 1.54) is 18.5 Å². The van der Waals surface area contributed by atoms with Gasteiger partial charge in [-0.05, 0) is 12.1 Å². The van der Waals surface area contributed by atoms with Gasteiger partial charge in [0.25, 0.3) is 5.91 Å². The number of phenols is 2. The maximum atomic E-state index is 11.6. The predicted octanol–water partition coefficient (Wildman–Crippen LogP) is 1.20. The van der Waals surface area contributed by atoms with Gasteiger partial charge in [-0.25, -0.2) is 4.98 Å². The molecule has 0 saturated carbocycles. The molecule has 0 unspecified atom stereocenters. The highest BCUT2D eigenvalue weighted by Gasteiger charge is 2.10. The average molecular weight is 237 g/mol. The molecule has 1 amide bonds. The van der Waals surface area contributed by atoms with E-state index in [1.54, 1.807) is 0 Å². The lowest BCUT2D eigenvalue weighted by atomic mass is 10.2. The lowest BCUT2D eigenvalue weighted by molar-refractivity contribution is 0.102. The number of carbonyl (C=O) groups excluding carboxylic acids is 1. The van der Waals surface area contributed by atoms with Crippen LogP contribution in [-0.4, -0.2) is 25.5 Å². The Bertz CT molecular complexity index is 492. The van der Waals surface area contributed by atoms with Crippen molar-refractivity contribution in [2.75, 3.05) is 5.32 Å². The molecule has 0 fully saturated rings. The maximum absolute atomic E-state index is 11.6. The van der Waals surface area contributed by atoms with Gasteiger partial charge < -0.3 is 10.2 Å². The molecule has 2 aromatic rings. The fourth-order valence-corrected chi connectivity index (χ4v) is 1.55. The minimum absolute atomic E-state index is 0.146. The molecular weight excluding hydrogens is 230 g/mol. The number of hydrogen-bond acceptors (Lipinski definition) is 6. The Balaban J connectivity index is 2.21. The van der Waals surface area contributed by atoms with Gasteiger partial charge in [0, 0.05) is 23.2 Å². The predicted molar refractivity (Wildman–Crippen MR) is 57.6 cm³/mol. The number of carbonyl (C=O) groups is 1. The van der Waals surface area contributed by atoms with E-state index in [-0.39, 0.29) is 17.1 Å². The van der Waals surface area contributed by atoms with Crippen LogP contribution in [0.4, 0.5) is 5.13 Å². The molecule has 0 spiro atoms. The highest BCUT2D eigenvalue weighted by atomic mass is 32.1. The first-order valence-corrected chi connectivity index (χ1v) is 5.03.